The van der Waals surface area contributed by atoms with Crippen molar-refractivity contribution in [3.63, 3.8) is 0 Å². The molecule has 1 atom stereocenters. The average Bonchev–Trinajstić information content (AvgIpc) is 1.96. The van der Waals surface area contributed by atoms with Crippen molar-refractivity contribution in [3.8, 4) is 0 Å². The molecule has 0 fully saturated rings. The summed E-state index contributed by atoms with van der Waals surface area (Å²) in [4.78, 5) is 0. The molecule has 0 aliphatic carbocycles. The Bertz CT molecular complexity index is 201. The molecule has 0 aromatic carbocycles. The standard InChI is InChI=1S/C7H17NO3S/c1-3-7(2)8-5-4-6-12(9,10)11/h7-8H,3-6H2,1-2H3,(H,9,10,11)/t7-/m1/s1. The molecule has 2 N–H and O–H groups in total. The van der Waals surface area contributed by atoms with E-state index in [1.54, 1.807) is 0 Å². The molecule has 0 saturated carbocycles. The normalized spacial score (nSPS) is 14.6. The van der Waals surface area contributed by atoms with E-state index in [1.807, 2.05) is 6.92 Å². The van der Waals surface area contributed by atoms with Crippen LogP contribution in [0.15, 0.2) is 0 Å². The molecule has 0 radical (unpaired) electrons. The van der Waals surface area contributed by atoms with E-state index in [1.165, 1.54) is 0 Å². The van der Waals surface area contributed by atoms with Gasteiger partial charge in [-0.3, -0.25) is 4.55 Å². The van der Waals surface area contributed by atoms with Crippen molar-refractivity contribution < 1.29 is 13.0 Å². The molecule has 0 aliphatic rings. The monoisotopic (exact) mass is 195 g/mol. The zero-order valence-corrected chi connectivity index (χ0v) is 8.39. The largest absolute Gasteiger partial charge is 0.314 e. The Morgan fingerprint density at radius 2 is 2.08 bits per heavy atom. The van der Waals surface area contributed by atoms with Crippen molar-refractivity contribution in [2.75, 3.05) is 12.3 Å². The van der Waals surface area contributed by atoms with Gasteiger partial charge in [0.1, 0.15) is 0 Å². The Morgan fingerprint density at radius 1 is 1.50 bits per heavy atom. The van der Waals surface area contributed by atoms with Crippen molar-refractivity contribution in [2.45, 2.75) is 32.7 Å². The maximum absolute atomic E-state index is 10.3. The molecule has 0 spiro atoms. The SMILES string of the molecule is CC[C@@H](C)NCCCS(=O)(=O)O. The fourth-order valence-corrected chi connectivity index (χ4v) is 1.26. The minimum Gasteiger partial charge on any atom is -0.314 e. The molecule has 0 rings (SSSR count). The third kappa shape index (κ3) is 7.97. The van der Waals surface area contributed by atoms with E-state index in [0.717, 1.165) is 6.42 Å². The molecule has 0 aromatic heterocycles. The molecular formula is C7H17NO3S. The number of rotatable bonds is 6. The van der Waals surface area contributed by atoms with Gasteiger partial charge in [-0.15, -0.1) is 0 Å². The van der Waals surface area contributed by atoms with E-state index in [9.17, 15) is 8.42 Å². The van der Waals surface area contributed by atoms with Crippen LogP contribution >= 0.6 is 0 Å². The lowest BCUT2D eigenvalue weighted by atomic mass is 10.2. The van der Waals surface area contributed by atoms with Crippen LogP contribution < -0.4 is 5.32 Å². The molecule has 0 bridgehead atoms. The van der Waals surface area contributed by atoms with E-state index in [0.29, 0.717) is 19.0 Å². The molecule has 4 nitrogen and oxygen atoms in total. The highest BCUT2D eigenvalue weighted by Crippen LogP contribution is 1.90. The van der Waals surface area contributed by atoms with E-state index >= 15 is 0 Å². The summed E-state index contributed by atoms with van der Waals surface area (Å²) in [7, 11) is -3.77. The van der Waals surface area contributed by atoms with Gasteiger partial charge in [0.15, 0.2) is 0 Å². The molecule has 0 aromatic rings. The lowest BCUT2D eigenvalue weighted by Gasteiger charge is -2.09. The third-order valence-corrected chi connectivity index (χ3v) is 2.49. The first-order chi connectivity index (χ1) is 5.45. The number of nitrogens with one attached hydrogen (secondary N) is 1. The Balaban J connectivity index is 3.34. The van der Waals surface area contributed by atoms with Crippen molar-refractivity contribution >= 4 is 10.1 Å². The topological polar surface area (TPSA) is 66.4 Å². The first kappa shape index (κ1) is 11.9. The molecule has 12 heavy (non-hydrogen) atoms. The van der Waals surface area contributed by atoms with Crippen molar-refractivity contribution in [1.29, 1.82) is 0 Å². The van der Waals surface area contributed by atoms with Crippen LogP contribution in [0, 0.1) is 0 Å². The molecule has 0 heterocycles. The smallest absolute Gasteiger partial charge is 0.264 e. The minimum absolute atomic E-state index is 0.156. The molecule has 0 amide bonds. The number of hydrogen-bond donors (Lipinski definition) is 2. The van der Waals surface area contributed by atoms with Gasteiger partial charge in [-0.1, -0.05) is 6.92 Å². The van der Waals surface area contributed by atoms with Gasteiger partial charge in [-0.25, -0.2) is 0 Å². The Labute approximate surface area is 74.1 Å². The van der Waals surface area contributed by atoms with E-state index in [4.69, 9.17) is 4.55 Å². The Kier molecular flexibility index (Phi) is 5.44. The van der Waals surface area contributed by atoms with Crippen LogP contribution in [0.4, 0.5) is 0 Å². The predicted octanol–water partition coefficient (Wildman–Crippen LogP) is 0.652. The van der Waals surface area contributed by atoms with E-state index < -0.39 is 10.1 Å². The summed E-state index contributed by atoms with van der Waals surface area (Å²) in [5, 5.41) is 3.13. The lowest BCUT2D eigenvalue weighted by Crippen LogP contribution is -2.27. The van der Waals surface area contributed by atoms with Crippen LogP contribution in [-0.2, 0) is 10.1 Å². The highest BCUT2D eigenvalue weighted by molar-refractivity contribution is 7.85. The second-order valence-corrected chi connectivity index (χ2v) is 4.48. The van der Waals surface area contributed by atoms with Crippen molar-refractivity contribution in [2.24, 2.45) is 0 Å². The van der Waals surface area contributed by atoms with Gasteiger partial charge in [-0.2, -0.15) is 8.42 Å². The number of hydrogen-bond acceptors (Lipinski definition) is 3. The van der Waals surface area contributed by atoms with E-state index in [2.05, 4.69) is 12.2 Å². The van der Waals surface area contributed by atoms with Gasteiger partial charge in [-0.05, 0) is 26.3 Å². The summed E-state index contributed by atoms with van der Waals surface area (Å²) in [6.45, 7) is 4.72. The second-order valence-electron chi connectivity index (χ2n) is 2.90. The van der Waals surface area contributed by atoms with Gasteiger partial charge in [0, 0.05) is 6.04 Å². The summed E-state index contributed by atoms with van der Waals surface area (Å²) < 4.78 is 28.9. The minimum atomic E-state index is -3.77. The van der Waals surface area contributed by atoms with Gasteiger partial charge < -0.3 is 5.32 Å². The van der Waals surface area contributed by atoms with Crippen LogP contribution in [0.1, 0.15) is 26.7 Å². The van der Waals surface area contributed by atoms with E-state index in [-0.39, 0.29) is 5.75 Å². The summed E-state index contributed by atoms with van der Waals surface area (Å²) in [6, 6.07) is 0.409. The molecule has 74 valence electrons. The van der Waals surface area contributed by atoms with Crippen LogP contribution in [0.3, 0.4) is 0 Å². The first-order valence-corrected chi connectivity index (χ1v) is 5.75. The van der Waals surface area contributed by atoms with Crippen LogP contribution in [0.5, 0.6) is 0 Å². The fourth-order valence-electron chi connectivity index (χ4n) is 0.747. The summed E-state index contributed by atoms with van der Waals surface area (Å²) >= 11 is 0. The average molecular weight is 195 g/mol. The second kappa shape index (κ2) is 5.50. The van der Waals surface area contributed by atoms with Gasteiger partial charge in [0.2, 0.25) is 0 Å². The quantitative estimate of drug-likeness (QED) is 0.482. The fraction of sp³-hybridized carbons (Fsp3) is 1.00. The van der Waals surface area contributed by atoms with Gasteiger partial charge in [0.05, 0.1) is 5.75 Å². The van der Waals surface area contributed by atoms with Crippen LogP contribution in [-0.4, -0.2) is 31.3 Å². The predicted molar refractivity (Wildman–Crippen MR) is 48.8 cm³/mol. The Hall–Kier alpha value is -0.130. The maximum atomic E-state index is 10.3. The highest BCUT2D eigenvalue weighted by atomic mass is 32.2. The highest BCUT2D eigenvalue weighted by Gasteiger charge is 2.03. The summed E-state index contributed by atoms with van der Waals surface area (Å²) in [5.74, 6) is -0.156. The molecular weight excluding hydrogens is 178 g/mol. The van der Waals surface area contributed by atoms with Crippen molar-refractivity contribution in [3.05, 3.63) is 0 Å². The maximum Gasteiger partial charge on any atom is 0.264 e. The zero-order chi connectivity index (χ0) is 9.61. The molecule has 5 heteroatoms. The Morgan fingerprint density at radius 3 is 2.50 bits per heavy atom. The molecule has 0 unspecified atom stereocenters. The molecule has 0 saturated heterocycles. The zero-order valence-electron chi connectivity index (χ0n) is 7.58. The van der Waals surface area contributed by atoms with Crippen LogP contribution in [0.2, 0.25) is 0 Å². The lowest BCUT2D eigenvalue weighted by molar-refractivity contribution is 0.475. The summed E-state index contributed by atoms with van der Waals surface area (Å²) in [5.41, 5.74) is 0. The van der Waals surface area contributed by atoms with Gasteiger partial charge >= 0.3 is 0 Å². The third-order valence-electron chi connectivity index (χ3n) is 1.68. The summed E-state index contributed by atoms with van der Waals surface area (Å²) in [6.07, 6.45) is 1.48. The van der Waals surface area contributed by atoms with Crippen LogP contribution in [0.25, 0.3) is 0 Å². The first-order valence-electron chi connectivity index (χ1n) is 4.14. The van der Waals surface area contributed by atoms with Crippen molar-refractivity contribution in [1.82, 2.24) is 5.32 Å². The van der Waals surface area contributed by atoms with Gasteiger partial charge in [0.25, 0.3) is 10.1 Å². The molecule has 0 aliphatic heterocycles.